The summed E-state index contributed by atoms with van der Waals surface area (Å²) >= 11 is 0. The fourth-order valence-electron chi connectivity index (χ4n) is 5.99. The highest BCUT2D eigenvalue weighted by molar-refractivity contribution is 5.79. The van der Waals surface area contributed by atoms with Gasteiger partial charge in [-0.15, -0.1) is 0 Å². The van der Waals surface area contributed by atoms with Gasteiger partial charge in [0.25, 0.3) is 0 Å². The number of nitrogens with zero attached hydrogens (tertiary/aromatic N) is 1. The maximum atomic E-state index is 13.8. The van der Waals surface area contributed by atoms with Gasteiger partial charge < -0.3 is 16.0 Å². The van der Waals surface area contributed by atoms with E-state index in [1.165, 1.54) is 19.3 Å². The predicted molar refractivity (Wildman–Crippen MR) is 105 cm³/mol. The SMILES string of the molecule is N#CC(NC(=O)CCNC(=O)NC12CC3CC(CC(C3)C1)C2)c1ccc(F)cc1F. The Hall–Kier alpha value is -2.69. The molecular formula is C22H26F2N4O2. The molecule has 1 aromatic rings. The fraction of sp³-hybridized carbons (Fsp3) is 0.591. The van der Waals surface area contributed by atoms with Gasteiger partial charge in [-0.05, 0) is 62.3 Å². The summed E-state index contributed by atoms with van der Waals surface area (Å²) in [5.74, 6) is 0.00936. The highest BCUT2D eigenvalue weighted by atomic mass is 19.1. The lowest BCUT2D eigenvalue weighted by molar-refractivity contribution is -0.121. The van der Waals surface area contributed by atoms with Crippen LogP contribution in [0.4, 0.5) is 13.6 Å². The van der Waals surface area contributed by atoms with Crippen molar-refractivity contribution in [2.45, 2.75) is 56.5 Å². The van der Waals surface area contributed by atoms with E-state index >= 15 is 0 Å². The molecule has 0 spiro atoms. The van der Waals surface area contributed by atoms with Crippen LogP contribution in [0.5, 0.6) is 0 Å². The zero-order valence-electron chi connectivity index (χ0n) is 16.7. The van der Waals surface area contributed by atoms with Gasteiger partial charge in [0, 0.05) is 30.1 Å². The molecule has 30 heavy (non-hydrogen) atoms. The molecular weight excluding hydrogens is 390 g/mol. The topological polar surface area (TPSA) is 94.0 Å². The van der Waals surface area contributed by atoms with Crippen molar-refractivity contribution in [2.24, 2.45) is 17.8 Å². The smallest absolute Gasteiger partial charge is 0.315 e. The second-order valence-electron chi connectivity index (χ2n) is 9.12. The summed E-state index contributed by atoms with van der Waals surface area (Å²) in [6.45, 7) is 0.105. The Kier molecular flexibility index (Phi) is 5.63. The van der Waals surface area contributed by atoms with E-state index in [1.54, 1.807) is 6.07 Å². The number of halogens is 2. The summed E-state index contributed by atoms with van der Waals surface area (Å²) in [4.78, 5) is 24.5. The molecule has 4 bridgehead atoms. The zero-order chi connectivity index (χ0) is 21.3. The Balaban J connectivity index is 1.23. The summed E-state index contributed by atoms with van der Waals surface area (Å²) in [7, 11) is 0. The monoisotopic (exact) mass is 416 g/mol. The standard InChI is InChI=1S/C22H26F2N4O2/c23-16-1-2-17(18(24)8-16)19(12-25)27-20(29)3-4-26-21(30)28-22-9-13-5-14(10-22)7-15(6-13)11-22/h1-2,8,13-15,19H,3-7,9-11H2,(H,27,29)(H2,26,28,30). The molecule has 160 valence electrons. The van der Waals surface area contributed by atoms with Gasteiger partial charge in [-0.25, -0.2) is 13.6 Å². The predicted octanol–water partition coefficient (Wildman–Crippen LogP) is 3.30. The first-order valence-electron chi connectivity index (χ1n) is 10.6. The molecule has 6 nitrogen and oxygen atoms in total. The molecule has 0 heterocycles. The van der Waals surface area contributed by atoms with Crippen LogP contribution in [0, 0.1) is 40.7 Å². The van der Waals surface area contributed by atoms with Crippen molar-refractivity contribution in [1.29, 1.82) is 5.26 Å². The van der Waals surface area contributed by atoms with Gasteiger partial charge >= 0.3 is 6.03 Å². The molecule has 3 N–H and O–H groups in total. The molecule has 8 heteroatoms. The third-order valence-electron chi connectivity index (χ3n) is 6.76. The molecule has 4 aliphatic rings. The first-order valence-corrected chi connectivity index (χ1v) is 10.6. The first kappa shape index (κ1) is 20.6. The highest BCUT2D eigenvalue weighted by Crippen LogP contribution is 2.55. The molecule has 4 fully saturated rings. The second kappa shape index (κ2) is 8.21. The van der Waals surface area contributed by atoms with Crippen LogP contribution in [0.3, 0.4) is 0 Å². The maximum absolute atomic E-state index is 13.8. The molecule has 3 amide bonds. The molecule has 0 radical (unpaired) electrons. The lowest BCUT2D eigenvalue weighted by atomic mass is 9.53. The number of hydrogen-bond acceptors (Lipinski definition) is 3. The quantitative estimate of drug-likeness (QED) is 0.664. The van der Waals surface area contributed by atoms with Crippen molar-refractivity contribution in [3.63, 3.8) is 0 Å². The van der Waals surface area contributed by atoms with Crippen LogP contribution in [0.1, 0.15) is 56.6 Å². The molecule has 5 rings (SSSR count). The summed E-state index contributed by atoms with van der Waals surface area (Å²) in [5, 5.41) is 17.5. The minimum absolute atomic E-state index is 0.0463. The van der Waals surface area contributed by atoms with Crippen molar-refractivity contribution < 1.29 is 18.4 Å². The van der Waals surface area contributed by atoms with Crippen molar-refractivity contribution in [3.05, 3.63) is 35.4 Å². The molecule has 4 aliphatic carbocycles. The van der Waals surface area contributed by atoms with Crippen LogP contribution < -0.4 is 16.0 Å². The van der Waals surface area contributed by atoms with Gasteiger partial charge in [-0.1, -0.05) is 6.07 Å². The van der Waals surface area contributed by atoms with E-state index in [1.807, 2.05) is 0 Å². The molecule has 4 saturated carbocycles. The van der Waals surface area contributed by atoms with E-state index in [0.29, 0.717) is 6.07 Å². The number of hydrogen-bond donors (Lipinski definition) is 3. The number of carbonyl (C=O) groups excluding carboxylic acids is 2. The van der Waals surface area contributed by atoms with E-state index < -0.39 is 23.6 Å². The van der Waals surface area contributed by atoms with Crippen molar-refractivity contribution in [2.75, 3.05) is 6.54 Å². The van der Waals surface area contributed by atoms with Crippen LogP contribution in [0.25, 0.3) is 0 Å². The van der Waals surface area contributed by atoms with Crippen LogP contribution in [0.15, 0.2) is 18.2 Å². The average molecular weight is 416 g/mol. The maximum Gasteiger partial charge on any atom is 0.315 e. The van der Waals surface area contributed by atoms with E-state index in [4.69, 9.17) is 0 Å². The first-order chi connectivity index (χ1) is 14.4. The Morgan fingerprint density at radius 2 is 1.77 bits per heavy atom. The summed E-state index contributed by atoms with van der Waals surface area (Å²) in [6.07, 6.45) is 6.95. The number of nitriles is 1. The van der Waals surface area contributed by atoms with Gasteiger partial charge in [-0.3, -0.25) is 4.79 Å². The minimum Gasteiger partial charge on any atom is -0.338 e. The van der Waals surface area contributed by atoms with Gasteiger partial charge in [-0.2, -0.15) is 5.26 Å². The van der Waals surface area contributed by atoms with Crippen LogP contribution in [-0.4, -0.2) is 24.0 Å². The number of benzene rings is 1. The molecule has 0 aromatic heterocycles. The summed E-state index contributed by atoms with van der Waals surface area (Å²) in [5.41, 5.74) is -0.201. The Bertz CT molecular complexity index is 847. The molecule has 0 saturated heterocycles. The zero-order valence-corrected chi connectivity index (χ0v) is 16.7. The lowest BCUT2D eigenvalue weighted by Crippen LogP contribution is -2.61. The number of rotatable bonds is 6. The van der Waals surface area contributed by atoms with Crippen molar-refractivity contribution >= 4 is 11.9 Å². The summed E-state index contributed by atoms with van der Waals surface area (Å²) < 4.78 is 26.9. The lowest BCUT2D eigenvalue weighted by Gasteiger charge is -2.56. The van der Waals surface area contributed by atoms with E-state index in [0.717, 1.165) is 49.1 Å². The fourth-order valence-corrected chi connectivity index (χ4v) is 5.99. The Morgan fingerprint density at radius 1 is 1.13 bits per heavy atom. The van der Waals surface area contributed by atoms with Crippen molar-refractivity contribution in [1.82, 2.24) is 16.0 Å². The van der Waals surface area contributed by atoms with Crippen molar-refractivity contribution in [3.8, 4) is 6.07 Å². The largest absolute Gasteiger partial charge is 0.338 e. The van der Waals surface area contributed by atoms with E-state index in [2.05, 4.69) is 16.0 Å². The van der Waals surface area contributed by atoms with E-state index in [9.17, 15) is 23.6 Å². The normalized spacial score (nSPS) is 29.7. The molecule has 1 aromatic carbocycles. The molecule has 1 atom stereocenters. The number of carbonyl (C=O) groups is 2. The van der Waals surface area contributed by atoms with Crippen LogP contribution in [0.2, 0.25) is 0 Å². The minimum atomic E-state index is -1.22. The van der Waals surface area contributed by atoms with Crippen LogP contribution in [-0.2, 0) is 4.79 Å². The van der Waals surface area contributed by atoms with Crippen LogP contribution >= 0.6 is 0 Å². The van der Waals surface area contributed by atoms with Gasteiger partial charge in [0.15, 0.2) is 0 Å². The van der Waals surface area contributed by atoms with E-state index in [-0.39, 0.29) is 30.1 Å². The molecule has 1 unspecified atom stereocenters. The number of nitrogens with one attached hydrogen (secondary N) is 3. The second-order valence-corrected chi connectivity index (χ2v) is 9.12. The number of urea groups is 1. The van der Waals surface area contributed by atoms with Gasteiger partial charge in [0.2, 0.25) is 5.91 Å². The third-order valence-corrected chi connectivity index (χ3v) is 6.76. The Labute approximate surface area is 174 Å². The van der Waals surface area contributed by atoms with Gasteiger partial charge in [0.05, 0.1) is 6.07 Å². The molecule has 0 aliphatic heterocycles. The highest BCUT2D eigenvalue weighted by Gasteiger charge is 2.51. The average Bonchev–Trinajstić information content (AvgIpc) is 2.65. The summed E-state index contributed by atoms with van der Waals surface area (Å²) in [6, 6.07) is 3.14. The number of amides is 3. The third kappa shape index (κ3) is 4.40. The Morgan fingerprint density at radius 3 is 2.33 bits per heavy atom. The van der Waals surface area contributed by atoms with Gasteiger partial charge in [0.1, 0.15) is 17.7 Å².